The van der Waals surface area contributed by atoms with E-state index in [0.717, 1.165) is 36.2 Å². The van der Waals surface area contributed by atoms with E-state index < -0.39 is 0 Å². The van der Waals surface area contributed by atoms with Gasteiger partial charge in [0, 0.05) is 17.6 Å². The first-order valence-electron chi connectivity index (χ1n) is 10.9. The Bertz CT molecular complexity index is 1370. The van der Waals surface area contributed by atoms with Gasteiger partial charge in [0.2, 0.25) is 10.7 Å². The molecule has 1 amide bonds. The van der Waals surface area contributed by atoms with Crippen molar-refractivity contribution < 1.29 is 4.79 Å². The summed E-state index contributed by atoms with van der Waals surface area (Å²) in [4.78, 5) is 19.5. The molecule has 1 aliphatic heterocycles. The lowest BCUT2D eigenvalue weighted by Crippen LogP contribution is -2.41. The third-order valence-electron chi connectivity index (χ3n) is 6.13. The third kappa shape index (κ3) is 3.91. The molecule has 0 spiro atoms. The Morgan fingerprint density at radius 2 is 2.03 bits per heavy atom. The van der Waals surface area contributed by atoms with Crippen molar-refractivity contribution in [3.8, 4) is 0 Å². The van der Waals surface area contributed by atoms with Gasteiger partial charge in [-0.25, -0.2) is 9.67 Å². The SMILES string of the molecule is Cc1cccc(NC(=O)C2CCCN(Cn3nc4cc(C)c5ccccc5n4c3=S)C2)n1. The number of carbonyl (C=O) groups is 1. The largest absolute Gasteiger partial charge is 0.310 e. The topological polar surface area (TPSA) is 67.5 Å². The number of piperidine rings is 1. The van der Waals surface area contributed by atoms with E-state index in [1.54, 1.807) is 0 Å². The molecular weight excluding hydrogens is 420 g/mol. The number of rotatable bonds is 4. The van der Waals surface area contributed by atoms with Crippen LogP contribution >= 0.6 is 12.2 Å². The molecule has 0 saturated carbocycles. The summed E-state index contributed by atoms with van der Waals surface area (Å²) in [6, 6.07) is 16.0. The summed E-state index contributed by atoms with van der Waals surface area (Å²) in [7, 11) is 0. The minimum atomic E-state index is -0.0830. The van der Waals surface area contributed by atoms with Gasteiger partial charge in [-0.05, 0) is 75.3 Å². The van der Waals surface area contributed by atoms with Crippen LogP contribution in [0.2, 0.25) is 0 Å². The summed E-state index contributed by atoms with van der Waals surface area (Å²) >= 11 is 5.80. The molecule has 5 rings (SSSR count). The number of amides is 1. The van der Waals surface area contributed by atoms with Crippen LogP contribution in [0.25, 0.3) is 16.6 Å². The number of carbonyl (C=O) groups excluding carboxylic acids is 1. The predicted molar refractivity (Wildman–Crippen MR) is 128 cm³/mol. The standard InChI is InChI=1S/C24H26N6OS/c1-16-13-22-27-29(24(32)30(22)20-10-4-3-9-19(16)20)15-28-12-6-8-18(14-28)23(31)26-21-11-5-7-17(2)25-21/h3-5,7,9-11,13,18H,6,8,12,14-15H2,1-2H3,(H,25,26,31). The summed E-state index contributed by atoms with van der Waals surface area (Å²) in [5.41, 5.74) is 3.99. The number of aromatic nitrogens is 4. The van der Waals surface area contributed by atoms with Crippen molar-refractivity contribution in [2.45, 2.75) is 33.4 Å². The molecule has 8 heteroatoms. The van der Waals surface area contributed by atoms with Gasteiger partial charge in [-0.2, -0.15) is 5.10 Å². The van der Waals surface area contributed by atoms with Gasteiger partial charge in [-0.1, -0.05) is 24.3 Å². The van der Waals surface area contributed by atoms with Crippen LogP contribution in [0.15, 0.2) is 48.5 Å². The first kappa shape index (κ1) is 20.8. The molecule has 4 heterocycles. The molecule has 164 valence electrons. The Morgan fingerprint density at radius 3 is 2.88 bits per heavy atom. The van der Waals surface area contributed by atoms with E-state index in [1.165, 1.54) is 10.9 Å². The highest BCUT2D eigenvalue weighted by Crippen LogP contribution is 2.23. The monoisotopic (exact) mass is 446 g/mol. The molecule has 3 aromatic heterocycles. The smallest absolute Gasteiger partial charge is 0.229 e. The van der Waals surface area contributed by atoms with Crippen LogP contribution in [0.5, 0.6) is 0 Å². The second-order valence-electron chi connectivity index (χ2n) is 8.53. The van der Waals surface area contributed by atoms with Crippen molar-refractivity contribution >= 4 is 40.5 Å². The number of likely N-dealkylation sites (tertiary alicyclic amines) is 1. The zero-order valence-corrected chi connectivity index (χ0v) is 19.1. The van der Waals surface area contributed by atoms with Crippen LogP contribution in [-0.4, -0.2) is 43.1 Å². The van der Waals surface area contributed by atoms with Gasteiger partial charge in [0.05, 0.1) is 18.1 Å². The lowest BCUT2D eigenvalue weighted by Gasteiger charge is -2.31. The lowest BCUT2D eigenvalue weighted by molar-refractivity contribution is -0.121. The zero-order chi connectivity index (χ0) is 22.2. The van der Waals surface area contributed by atoms with Gasteiger partial charge in [0.25, 0.3) is 0 Å². The number of anilines is 1. The molecule has 0 aliphatic carbocycles. The van der Waals surface area contributed by atoms with Crippen molar-refractivity contribution in [2.24, 2.45) is 5.92 Å². The molecule has 1 aliphatic rings. The van der Waals surface area contributed by atoms with E-state index in [0.29, 0.717) is 23.8 Å². The Balaban J connectivity index is 1.36. The van der Waals surface area contributed by atoms with Crippen molar-refractivity contribution in [1.82, 2.24) is 24.1 Å². The van der Waals surface area contributed by atoms with Crippen LogP contribution in [0.4, 0.5) is 5.82 Å². The maximum Gasteiger partial charge on any atom is 0.229 e. The van der Waals surface area contributed by atoms with E-state index in [2.05, 4.69) is 40.3 Å². The summed E-state index contributed by atoms with van der Waals surface area (Å²) < 4.78 is 4.58. The van der Waals surface area contributed by atoms with Crippen molar-refractivity contribution in [1.29, 1.82) is 0 Å². The highest BCUT2D eigenvalue weighted by molar-refractivity contribution is 7.71. The first-order valence-corrected chi connectivity index (χ1v) is 11.4. The van der Waals surface area contributed by atoms with E-state index in [4.69, 9.17) is 17.3 Å². The molecule has 1 aromatic carbocycles. The van der Waals surface area contributed by atoms with E-state index >= 15 is 0 Å². The fourth-order valence-electron chi connectivity index (χ4n) is 4.54. The molecule has 1 fully saturated rings. The molecule has 4 aromatic rings. The van der Waals surface area contributed by atoms with Crippen LogP contribution in [0.3, 0.4) is 0 Å². The molecule has 1 saturated heterocycles. The average molecular weight is 447 g/mol. The first-order chi connectivity index (χ1) is 15.5. The van der Waals surface area contributed by atoms with Gasteiger partial charge in [-0.3, -0.25) is 14.1 Å². The van der Waals surface area contributed by atoms with Crippen LogP contribution < -0.4 is 5.32 Å². The normalized spacial score (nSPS) is 17.1. The van der Waals surface area contributed by atoms with E-state index in [-0.39, 0.29) is 11.8 Å². The van der Waals surface area contributed by atoms with Crippen LogP contribution in [0, 0.1) is 24.5 Å². The maximum atomic E-state index is 12.8. The predicted octanol–water partition coefficient (Wildman–Crippen LogP) is 4.34. The molecule has 0 bridgehead atoms. The van der Waals surface area contributed by atoms with Crippen LogP contribution in [-0.2, 0) is 11.5 Å². The van der Waals surface area contributed by atoms with Crippen molar-refractivity contribution in [3.63, 3.8) is 0 Å². The highest BCUT2D eigenvalue weighted by Gasteiger charge is 2.26. The average Bonchev–Trinajstić information content (AvgIpc) is 3.09. The molecule has 0 radical (unpaired) electrons. The number of hydrogen-bond acceptors (Lipinski definition) is 5. The Morgan fingerprint density at radius 1 is 1.19 bits per heavy atom. The number of fused-ring (bicyclic) bond motifs is 3. The molecule has 32 heavy (non-hydrogen) atoms. The van der Waals surface area contributed by atoms with Gasteiger partial charge >= 0.3 is 0 Å². The summed E-state index contributed by atoms with van der Waals surface area (Å²) in [5.74, 6) is 0.547. The van der Waals surface area contributed by atoms with Crippen LogP contribution in [0.1, 0.15) is 24.1 Å². The van der Waals surface area contributed by atoms with Crippen molar-refractivity contribution in [3.05, 3.63) is 64.6 Å². The number of hydrogen-bond donors (Lipinski definition) is 1. The second kappa shape index (κ2) is 8.44. The fourth-order valence-corrected chi connectivity index (χ4v) is 4.83. The number of aryl methyl sites for hydroxylation is 2. The van der Waals surface area contributed by atoms with E-state index in [1.807, 2.05) is 46.3 Å². The summed E-state index contributed by atoms with van der Waals surface area (Å²) in [6.07, 6.45) is 1.83. The number of para-hydroxylation sites is 1. The summed E-state index contributed by atoms with van der Waals surface area (Å²) in [5, 5.41) is 8.94. The number of pyridine rings is 2. The minimum absolute atomic E-state index is 0.0213. The Hall–Kier alpha value is -3.10. The van der Waals surface area contributed by atoms with Crippen molar-refractivity contribution in [2.75, 3.05) is 18.4 Å². The summed E-state index contributed by atoms with van der Waals surface area (Å²) in [6.45, 7) is 6.18. The zero-order valence-electron chi connectivity index (χ0n) is 18.3. The number of benzene rings is 1. The van der Waals surface area contributed by atoms with Gasteiger partial charge < -0.3 is 5.32 Å². The Labute approximate surface area is 191 Å². The lowest BCUT2D eigenvalue weighted by atomic mass is 9.97. The quantitative estimate of drug-likeness (QED) is 0.473. The minimum Gasteiger partial charge on any atom is -0.310 e. The molecule has 1 N–H and O–H groups in total. The third-order valence-corrected chi connectivity index (χ3v) is 6.52. The van der Waals surface area contributed by atoms with Gasteiger partial charge in [-0.15, -0.1) is 0 Å². The van der Waals surface area contributed by atoms with E-state index in [9.17, 15) is 4.79 Å². The molecular formula is C24H26N6OS. The number of nitrogens with one attached hydrogen (secondary N) is 1. The molecule has 7 nitrogen and oxygen atoms in total. The Kier molecular flexibility index (Phi) is 5.48. The second-order valence-corrected chi connectivity index (χ2v) is 8.90. The van der Waals surface area contributed by atoms with Gasteiger partial charge in [0.15, 0.2) is 5.65 Å². The maximum absolute atomic E-state index is 12.8. The number of nitrogens with zero attached hydrogens (tertiary/aromatic N) is 5. The fraction of sp³-hybridized carbons (Fsp3) is 0.333. The molecule has 1 atom stereocenters. The highest BCUT2D eigenvalue weighted by atomic mass is 32.1. The molecule has 1 unspecified atom stereocenters. The van der Waals surface area contributed by atoms with Gasteiger partial charge in [0.1, 0.15) is 5.82 Å².